The van der Waals surface area contributed by atoms with Gasteiger partial charge in [0.25, 0.3) is 0 Å². The Labute approximate surface area is 211 Å². The molecule has 0 saturated heterocycles. The van der Waals surface area contributed by atoms with E-state index in [-0.39, 0.29) is 0 Å². The molecule has 3 aromatic carbocycles. The van der Waals surface area contributed by atoms with Gasteiger partial charge in [0.05, 0.1) is 22.3 Å². The van der Waals surface area contributed by atoms with Crippen LogP contribution in [0.5, 0.6) is 0 Å². The van der Waals surface area contributed by atoms with Gasteiger partial charge < -0.3 is 4.42 Å². The zero-order valence-corrected chi connectivity index (χ0v) is 21.8. The summed E-state index contributed by atoms with van der Waals surface area (Å²) in [7, 11) is 0. The van der Waals surface area contributed by atoms with Crippen molar-refractivity contribution in [2.45, 2.75) is 53.4 Å². The summed E-state index contributed by atoms with van der Waals surface area (Å²) in [6.07, 6.45) is 0. The van der Waals surface area contributed by atoms with Crippen molar-refractivity contribution in [1.29, 1.82) is 0 Å². The average molecular weight is 474 g/mol. The van der Waals surface area contributed by atoms with E-state index < -0.39 is 0 Å². The molecular weight excluding hydrogens is 442 g/mol. The molecule has 0 aliphatic heterocycles. The summed E-state index contributed by atoms with van der Waals surface area (Å²) >= 11 is 0. The molecule has 0 unspecified atom stereocenters. The molecule has 0 aliphatic carbocycles. The maximum atomic E-state index is 6.55. The SMILES string of the molecule is Cc1cc2oc3c(-c4nc5ccccc5n4-c4c(C(C)C)cccc4C(C)C)cccc3c2c(C)n1. The predicted molar refractivity (Wildman–Crippen MR) is 149 cm³/mol. The van der Waals surface area contributed by atoms with Crippen LogP contribution in [-0.2, 0) is 0 Å². The van der Waals surface area contributed by atoms with Crippen LogP contribution in [0.4, 0.5) is 0 Å². The maximum absolute atomic E-state index is 6.55. The minimum absolute atomic E-state index is 0.367. The van der Waals surface area contributed by atoms with Crippen LogP contribution in [-0.4, -0.2) is 14.5 Å². The Kier molecular flexibility index (Phi) is 5.22. The van der Waals surface area contributed by atoms with Crippen LogP contribution in [0.1, 0.15) is 62.0 Å². The zero-order chi connectivity index (χ0) is 25.1. The molecule has 6 aromatic rings. The van der Waals surface area contributed by atoms with Crippen LogP contribution in [0.15, 0.2) is 71.1 Å². The highest BCUT2D eigenvalue weighted by Gasteiger charge is 2.24. The van der Waals surface area contributed by atoms with Gasteiger partial charge in [-0.05, 0) is 55.0 Å². The lowest BCUT2D eigenvalue weighted by Gasteiger charge is -2.22. The summed E-state index contributed by atoms with van der Waals surface area (Å²) in [6, 6.07) is 23.5. The molecule has 3 heterocycles. The van der Waals surface area contributed by atoms with Crippen LogP contribution in [0, 0.1) is 13.8 Å². The van der Waals surface area contributed by atoms with E-state index in [0.29, 0.717) is 11.8 Å². The van der Waals surface area contributed by atoms with E-state index in [2.05, 4.69) is 99.8 Å². The molecule has 6 rings (SSSR count). The van der Waals surface area contributed by atoms with Gasteiger partial charge in [-0.25, -0.2) is 4.98 Å². The second-order valence-corrected chi connectivity index (χ2v) is 10.4. The molecule has 0 spiro atoms. The Morgan fingerprint density at radius 1 is 0.778 bits per heavy atom. The van der Waals surface area contributed by atoms with Crippen LogP contribution >= 0.6 is 0 Å². The maximum Gasteiger partial charge on any atom is 0.149 e. The molecule has 0 N–H and O–H groups in total. The van der Waals surface area contributed by atoms with Crippen LogP contribution in [0.2, 0.25) is 0 Å². The first-order chi connectivity index (χ1) is 17.3. The van der Waals surface area contributed by atoms with Crippen molar-refractivity contribution in [2.24, 2.45) is 0 Å². The van der Waals surface area contributed by atoms with Crippen molar-refractivity contribution in [2.75, 3.05) is 0 Å². The number of hydrogen-bond donors (Lipinski definition) is 0. The smallest absolute Gasteiger partial charge is 0.149 e. The molecule has 0 radical (unpaired) electrons. The van der Waals surface area contributed by atoms with Gasteiger partial charge in [0.2, 0.25) is 0 Å². The summed E-state index contributed by atoms with van der Waals surface area (Å²) in [5.74, 6) is 1.64. The third-order valence-corrected chi connectivity index (χ3v) is 7.16. The molecule has 0 bridgehead atoms. The quantitative estimate of drug-likeness (QED) is 0.257. The summed E-state index contributed by atoms with van der Waals surface area (Å²) in [6.45, 7) is 13.1. The number of hydrogen-bond acceptors (Lipinski definition) is 3. The predicted octanol–water partition coefficient (Wildman–Crippen LogP) is 8.85. The number of fused-ring (bicyclic) bond motifs is 4. The van der Waals surface area contributed by atoms with Crippen molar-refractivity contribution in [3.05, 3.63) is 89.2 Å². The van der Waals surface area contributed by atoms with E-state index >= 15 is 0 Å². The zero-order valence-electron chi connectivity index (χ0n) is 21.8. The largest absolute Gasteiger partial charge is 0.455 e. The Balaban J connectivity index is 1.77. The fraction of sp³-hybridized carbons (Fsp3) is 0.250. The van der Waals surface area contributed by atoms with Crippen molar-refractivity contribution >= 4 is 33.0 Å². The first-order valence-electron chi connectivity index (χ1n) is 12.8. The lowest BCUT2D eigenvalue weighted by atomic mass is 9.92. The van der Waals surface area contributed by atoms with Crippen LogP contribution in [0.25, 0.3) is 50.0 Å². The number of para-hydroxylation sites is 4. The number of aromatic nitrogens is 3. The summed E-state index contributed by atoms with van der Waals surface area (Å²) < 4.78 is 8.91. The van der Waals surface area contributed by atoms with Gasteiger partial charge in [0.1, 0.15) is 17.0 Å². The van der Waals surface area contributed by atoms with Crippen molar-refractivity contribution < 1.29 is 4.42 Å². The number of furan rings is 1. The number of pyridine rings is 1. The van der Waals surface area contributed by atoms with Crippen molar-refractivity contribution in [3.63, 3.8) is 0 Å². The Bertz CT molecular complexity index is 1740. The van der Waals surface area contributed by atoms with E-state index in [1.54, 1.807) is 0 Å². The van der Waals surface area contributed by atoms with E-state index in [4.69, 9.17) is 14.4 Å². The first-order valence-corrected chi connectivity index (χ1v) is 12.8. The van der Waals surface area contributed by atoms with Gasteiger partial charge in [0, 0.05) is 28.2 Å². The van der Waals surface area contributed by atoms with Gasteiger partial charge in [-0.1, -0.05) is 70.2 Å². The number of rotatable bonds is 4. The van der Waals surface area contributed by atoms with Crippen LogP contribution < -0.4 is 0 Å². The van der Waals surface area contributed by atoms with Crippen LogP contribution in [0.3, 0.4) is 0 Å². The molecule has 0 atom stereocenters. The molecule has 3 aromatic heterocycles. The Morgan fingerprint density at radius 2 is 1.47 bits per heavy atom. The van der Waals surface area contributed by atoms with Gasteiger partial charge in [0.15, 0.2) is 0 Å². The fourth-order valence-electron chi connectivity index (χ4n) is 5.53. The van der Waals surface area contributed by atoms with Gasteiger partial charge in [-0.15, -0.1) is 0 Å². The summed E-state index contributed by atoms with van der Waals surface area (Å²) in [5.41, 5.74) is 10.6. The summed E-state index contributed by atoms with van der Waals surface area (Å²) in [4.78, 5) is 9.92. The van der Waals surface area contributed by atoms with E-state index in [0.717, 1.165) is 55.7 Å². The van der Waals surface area contributed by atoms with E-state index in [1.165, 1.54) is 16.8 Å². The van der Waals surface area contributed by atoms with E-state index in [9.17, 15) is 0 Å². The minimum Gasteiger partial charge on any atom is -0.455 e. The average Bonchev–Trinajstić information content (AvgIpc) is 3.41. The van der Waals surface area contributed by atoms with Gasteiger partial charge >= 0.3 is 0 Å². The number of nitrogens with zero attached hydrogens (tertiary/aromatic N) is 3. The Morgan fingerprint density at radius 3 is 2.19 bits per heavy atom. The second-order valence-electron chi connectivity index (χ2n) is 10.4. The van der Waals surface area contributed by atoms with Crippen molar-refractivity contribution in [1.82, 2.24) is 14.5 Å². The highest BCUT2D eigenvalue weighted by molar-refractivity contribution is 6.10. The molecule has 0 amide bonds. The third kappa shape index (κ3) is 3.35. The fourth-order valence-corrected chi connectivity index (χ4v) is 5.53. The molecule has 0 saturated carbocycles. The molecular formula is C32H31N3O. The number of imidazole rings is 1. The topological polar surface area (TPSA) is 43.9 Å². The lowest BCUT2D eigenvalue weighted by Crippen LogP contribution is -2.08. The van der Waals surface area contributed by atoms with E-state index in [1.807, 2.05) is 13.0 Å². The molecule has 4 heteroatoms. The number of benzene rings is 3. The molecule has 4 nitrogen and oxygen atoms in total. The van der Waals surface area contributed by atoms with Crippen molar-refractivity contribution in [3.8, 4) is 17.1 Å². The lowest BCUT2D eigenvalue weighted by molar-refractivity contribution is 0.668. The number of aryl methyl sites for hydroxylation is 2. The van der Waals surface area contributed by atoms with Gasteiger partial charge in [-0.2, -0.15) is 0 Å². The monoisotopic (exact) mass is 473 g/mol. The first kappa shape index (κ1) is 22.5. The normalized spacial score (nSPS) is 12.1. The highest BCUT2D eigenvalue weighted by atomic mass is 16.3. The summed E-state index contributed by atoms with van der Waals surface area (Å²) in [5, 5.41) is 2.15. The molecule has 0 fully saturated rings. The molecule has 36 heavy (non-hydrogen) atoms. The minimum atomic E-state index is 0.367. The van der Waals surface area contributed by atoms with Gasteiger partial charge in [-0.3, -0.25) is 9.55 Å². The third-order valence-electron chi connectivity index (χ3n) is 7.16. The Hall–Kier alpha value is -3.92. The standard InChI is InChI=1S/C32H31N3O/c1-18(2)22-11-9-12-23(19(3)4)30(22)35-27-16-8-7-15-26(27)34-32(35)25-14-10-13-24-29-21(6)33-20(5)17-28(29)36-31(24)25/h7-19H,1-6H3. The highest BCUT2D eigenvalue weighted by Crippen LogP contribution is 2.41. The molecule has 180 valence electrons. The second kappa shape index (κ2) is 8.34. The molecule has 0 aliphatic rings.